The van der Waals surface area contributed by atoms with Crippen LogP contribution in [0.2, 0.25) is 0 Å². The minimum atomic E-state index is 0.660. The Kier molecular flexibility index (Phi) is 7.75. The van der Waals surface area contributed by atoms with Crippen molar-refractivity contribution in [3.8, 4) is 39.5 Å². The highest BCUT2D eigenvalue weighted by molar-refractivity contribution is 7.99. The van der Waals surface area contributed by atoms with Crippen LogP contribution < -0.4 is 4.90 Å². The van der Waals surface area contributed by atoms with Gasteiger partial charge in [-0.1, -0.05) is 157 Å². The van der Waals surface area contributed by atoms with Gasteiger partial charge < -0.3 is 4.90 Å². The fourth-order valence-electron chi connectivity index (χ4n) is 8.81. The molecule has 12 rings (SSSR count). The lowest BCUT2D eigenvalue weighted by Gasteiger charge is -2.33. The number of nitrogens with zero attached hydrogens (tertiary/aromatic N) is 4. The number of para-hydroxylation sites is 3. The van der Waals surface area contributed by atoms with Gasteiger partial charge in [0.25, 0.3) is 0 Å². The van der Waals surface area contributed by atoms with Crippen LogP contribution in [-0.4, -0.2) is 14.5 Å². The smallest absolute Gasteiger partial charge is 0.235 e. The van der Waals surface area contributed by atoms with Gasteiger partial charge in [0.15, 0.2) is 0 Å². The minimum absolute atomic E-state index is 0.660. The molecule has 1 aliphatic rings. The lowest BCUT2D eigenvalue weighted by molar-refractivity contribution is 1.01. The van der Waals surface area contributed by atoms with Crippen molar-refractivity contribution in [2.75, 3.05) is 4.90 Å². The third kappa shape index (κ3) is 5.54. The molecule has 0 saturated heterocycles. The van der Waals surface area contributed by atoms with Crippen LogP contribution in [0.15, 0.2) is 216 Å². The lowest BCUT2D eigenvalue weighted by atomic mass is 9.97. The van der Waals surface area contributed by atoms with Crippen molar-refractivity contribution in [1.82, 2.24) is 14.5 Å². The topological polar surface area (TPSA) is 34.0 Å². The summed E-state index contributed by atoms with van der Waals surface area (Å²) in [6, 6.07) is 73.9. The number of hydrogen-bond acceptors (Lipinski definition) is 4. The Morgan fingerprint density at radius 3 is 1.85 bits per heavy atom. The van der Waals surface area contributed by atoms with E-state index in [-0.39, 0.29) is 0 Å². The molecule has 0 fully saturated rings. The molecule has 59 heavy (non-hydrogen) atoms. The molecule has 0 bridgehead atoms. The molecule has 5 heteroatoms. The standard InChI is InChI=1S/C54H34N4S/c1-3-14-38(15-4-1)53-43-19-9-10-20-45(43)55-54(56-53)58-46-30-28-39(33-44(46)52-42-18-8-7-13-37(42)27-31-48(52)58)35-23-25-36(26-24-35)40-29-32-51-49(34-40)57(41-16-5-2-6-17-41)47-21-11-12-22-50(47)59-51/h1-34H. The van der Waals surface area contributed by atoms with E-state index in [1.54, 1.807) is 0 Å². The summed E-state index contributed by atoms with van der Waals surface area (Å²) in [5.41, 5.74) is 13.3. The summed E-state index contributed by atoms with van der Waals surface area (Å²) in [6.07, 6.45) is 0. The quantitative estimate of drug-likeness (QED) is 0.175. The summed E-state index contributed by atoms with van der Waals surface area (Å²) in [4.78, 5) is 15.4. The molecule has 0 radical (unpaired) electrons. The van der Waals surface area contributed by atoms with Crippen LogP contribution in [0.5, 0.6) is 0 Å². The normalized spacial score (nSPS) is 12.3. The number of aromatic nitrogens is 3. The van der Waals surface area contributed by atoms with Crippen molar-refractivity contribution >= 4 is 72.3 Å². The molecule has 0 aliphatic carbocycles. The van der Waals surface area contributed by atoms with Crippen LogP contribution in [0.3, 0.4) is 0 Å². The maximum absolute atomic E-state index is 5.32. The molecule has 9 aromatic carbocycles. The molecule has 1 aliphatic heterocycles. The van der Waals surface area contributed by atoms with Gasteiger partial charge in [0.05, 0.1) is 33.6 Å². The number of anilines is 3. The van der Waals surface area contributed by atoms with E-state index in [4.69, 9.17) is 9.97 Å². The largest absolute Gasteiger partial charge is 0.308 e. The zero-order valence-corrected chi connectivity index (χ0v) is 32.6. The fraction of sp³-hybridized carbons (Fsp3) is 0. The van der Waals surface area contributed by atoms with Gasteiger partial charge in [-0.05, 0) is 93.7 Å². The molecular weight excluding hydrogens is 737 g/mol. The summed E-state index contributed by atoms with van der Waals surface area (Å²) in [5, 5.41) is 5.82. The van der Waals surface area contributed by atoms with Crippen molar-refractivity contribution in [3.05, 3.63) is 206 Å². The average Bonchev–Trinajstić information content (AvgIpc) is 3.65. The maximum atomic E-state index is 5.32. The monoisotopic (exact) mass is 770 g/mol. The average molecular weight is 771 g/mol. The lowest BCUT2D eigenvalue weighted by Crippen LogP contribution is -2.14. The third-order valence-corrected chi connectivity index (χ3v) is 12.7. The van der Waals surface area contributed by atoms with Crippen LogP contribution in [0.25, 0.3) is 82.9 Å². The van der Waals surface area contributed by atoms with Gasteiger partial charge in [0.1, 0.15) is 0 Å². The van der Waals surface area contributed by atoms with Gasteiger partial charge in [-0.2, -0.15) is 0 Å². The second-order valence-electron chi connectivity index (χ2n) is 15.0. The summed E-state index contributed by atoms with van der Waals surface area (Å²) in [7, 11) is 0. The van der Waals surface area contributed by atoms with Crippen molar-refractivity contribution in [2.45, 2.75) is 9.79 Å². The first-order chi connectivity index (χ1) is 29.2. The second kappa shape index (κ2) is 13.6. The highest BCUT2D eigenvalue weighted by atomic mass is 32.2. The van der Waals surface area contributed by atoms with Crippen molar-refractivity contribution in [2.24, 2.45) is 0 Å². The SMILES string of the molecule is c1ccc(-c2nc(-n3c4ccc(-c5ccc(-c6ccc7c(c6)N(c6ccccc6)c6ccccc6S7)cc5)cc4c4c5ccccc5ccc43)nc3ccccc23)cc1. The summed E-state index contributed by atoms with van der Waals surface area (Å²) >= 11 is 1.84. The fourth-order valence-corrected chi connectivity index (χ4v) is 9.85. The summed E-state index contributed by atoms with van der Waals surface area (Å²) < 4.78 is 2.24. The van der Waals surface area contributed by atoms with Crippen LogP contribution in [0.1, 0.15) is 0 Å². The highest BCUT2D eigenvalue weighted by Gasteiger charge is 2.25. The zero-order valence-electron chi connectivity index (χ0n) is 31.8. The molecular formula is C54H34N4S. The van der Waals surface area contributed by atoms with E-state index >= 15 is 0 Å². The van der Waals surface area contributed by atoms with E-state index < -0.39 is 0 Å². The predicted molar refractivity (Wildman–Crippen MR) is 246 cm³/mol. The van der Waals surface area contributed by atoms with Crippen molar-refractivity contribution in [3.63, 3.8) is 0 Å². The van der Waals surface area contributed by atoms with Crippen LogP contribution in [0.4, 0.5) is 17.1 Å². The van der Waals surface area contributed by atoms with E-state index in [0.717, 1.165) is 44.4 Å². The Bertz CT molecular complexity index is 3410. The van der Waals surface area contributed by atoms with E-state index in [0.29, 0.717) is 5.95 Å². The molecule has 2 aromatic heterocycles. The maximum Gasteiger partial charge on any atom is 0.235 e. The second-order valence-corrected chi connectivity index (χ2v) is 16.1. The highest BCUT2D eigenvalue weighted by Crippen LogP contribution is 2.52. The van der Waals surface area contributed by atoms with Gasteiger partial charge in [-0.15, -0.1) is 0 Å². The van der Waals surface area contributed by atoms with E-state index in [2.05, 4.69) is 204 Å². The van der Waals surface area contributed by atoms with Crippen LogP contribution in [-0.2, 0) is 0 Å². The van der Waals surface area contributed by atoms with Gasteiger partial charge in [0.2, 0.25) is 5.95 Å². The predicted octanol–water partition coefficient (Wildman–Crippen LogP) is 14.8. The molecule has 11 aromatic rings. The van der Waals surface area contributed by atoms with Crippen molar-refractivity contribution < 1.29 is 0 Å². The molecule has 0 N–H and O–H groups in total. The molecule has 0 saturated carbocycles. The molecule has 3 heterocycles. The number of rotatable bonds is 5. The molecule has 0 amide bonds. The van der Waals surface area contributed by atoms with E-state index in [1.165, 1.54) is 59.4 Å². The Morgan fingerprint density at radius 2 is 1.02 bits per heavy atom. The number of fused-ring (bicyclic) bond motifs is 8. The van der Waals surface area contributed by atoms with E-state index in [1.807, 2.05) is 23.9 Å². The molecule has 4 nitrogen and oxygen atoms in total. The Hall–Kier alpha value is -7.47. The van der Waals surface area contributed by atoms with E-state index in [9.17, 15) is 0 Å². The molecule has 0 spiro atoms. The zero-order chi connectivity index (χ0) is 38.9. The van der Waals surface area contributed by atoms with Gasteiger partial charge >= 0.3 is 0 Å². The first-order valence-corrected chi connectivity index (χ1v) is 20.7. The van der Waals surface area contributed by atoms with Gasteiger partial charge in [0, 0.05) is 37.2 Å². The summed E-state index contributed by atoms with van der Waals surface area (Å²) in [5.74, 6) is 0.660. The third-order valence-electron chi connectivity index (χ3n) is 11.6. The molecule has 0 unspecified atom stereocenters. The molecule has 276 valence electrons. The first-order valence-electron chi connectivity index (χ1n) is 19.9. The minimum Gasteiger partial charge on any atom is -0.308 e. The Balaban J connectivity index is 0.981. The van der Waals surface area contributed by atoms with Crippen LogP contribution in [0, 0.1) is 0 Å². The van der Waals surface area contributed by atoms with Crippen molar-refractivity contribution in [1.29, 1.82) is 0 Å². The first kappa shape index (κ1) is 33.6. The Labute approximate surface area is 345 Å². The summed E-state index contributed by atoms with van der Waals surface area (Å²) in [6.45, 7) is 0. The van der Waals surface area contributed by atoms with Crippen LogP contribution >= 0.6 is 11.8 Å². The van der Waals surface area contributed by atoms with Gasteiger partial charge in [-0.3, -0.25) is 4.57 Å². The number of benzene rings is 9. The Morgan fingerprint density at radius 1 is 0.390 bits per heavy atom. The van der Waals surface area contributed by atoms with Gasteiger partial charge in [-0.25, -0.2) is 9.97 Å². The number of hydrogen-bond donors (Lipinski definition) is 0. The molecule has 0 atom stereocenters.